The van der Waals surface area contributed by atoms with Crippen LogP contribution in [0.5, 0.6) is 0 Å². The fourth-order valence-corrected chi connectivity index (χ4v) is 1.84. The van der Waals surface area contributed by atoms with Gasteiger partial charge in [-0.1, -0.05) is 71.8 Å². The third-order valence-electron chi connectivity index (χ3n) is 2.58. The van der Waals surface area contributed by atoms with E-state index in [4.69, 9.17) is 0 Å². The molecule has 2 aliphatic carbocycles. The first-order chi connectivity index (χ1) is 7.75. The molecule has 0 aromatic heterocycles. The third-order valence-corrected chi connectivity index (χ3v) is 2.58. The molecule has 0 N–H and O–H groups in total. The van der Waals surface area contributed by atoms with Gasteiger partial charge in [-0.05, 0) is 25.0 Å². The summed E-state index contributed by atoms with van der Waals surface area (Å²) in [6.45, 7) is 4.27. The van der Waals surface area contributed by atoms with Crippen molar-refractivity contribution in [3.8, 4) is 11.1 Å². The van der Waals surface area contributed by atoms with Crippen LogP contribution >= 0.6 is 0 Å². The number of hydrogen-bond acceptors (Lipinski definition) is 0. The number of rotatable bonds is 0. The summed E-state index contributed by atoms with van der Waals surface area (Å²) in [5.41, 5.74) is 5.10. The van der Waals surface area contributed by atoms with E-state index in [1.807, 2.05) is 12.1 Å². The van der Waals surface area contributed by atoms with Gasteiger partial charge in [0.25, 0.3) is 0 Å². The molecule has 2 rings (SSSR count). The molecular weight excluding hydrogens is 192 g/mol. The predicted molar refractivity (Wildman–Crippen MR) is 70.2 cm³/mol. The average molecular weight is 208 g/mol. The largest absolute Gasteiger partial charge is 0.0622 e. The van der Waals surface area contributed by atoms with Gasteiger partial charge in [0.2, 0.25) is 0 Å². The summed E-state index contributed by atoms with van der Waals surface area (Å²) in [6, 6.07) is 21.3. The van der Waals surface area contributed by atoms with Crippen molar-refractivity contribution in [1.82, 2.24) is 0 Å². The minimum atomic E-state index is 1.26. The summed E-state index contributed by atoms with van der Waals surface area (Å²) in [5.74, 6) is 0. The maximum absolute atomic E-state index is 2.22. The highest BCUT2D eigenvalue weighted by atomic mass is 14.0. The lowest BCUT2D eigenvalue weighted by Crippen LogP contribution is -1.78. The second-order valence-corrected chi connectivity index (χ2v) is 4.12. The molecule has 0 amide bonds. The maximum atomic E-state index is 2.22. The normalized spacial score (nSPS) is 9.88. The van der Waals surface area contributed by atoms with E-state index in [9.17, 15) is 0 Å². The van der Waals surface area contributed by atoms with E-state index in [0.717, 1.165) is 0 Å². The van der Waals surface area contributed by atoms with E-state index < -0.39 is 0 Å². The van der Waals surface area contributed by atoms with Crippen molar-refractivity contribution < 1.29 is 0 Å². The van der Waals surface area contributed by atoms with Gasteiger partial charge in [-0.25, -0.2) is 0 Å². The molecule has 0 unspecified atom stereocenters. The van der Waals surface area contributed by atoms with Gasteiger partial charge >= 0.3 is 0 Å². The summed E-state index contributed by atoms with van der Waals surface area (Å²) in [6.07, 6.45) is 0. The van der Waals surface area contributed by atoms with Crippen LogP contribution in [0.2, 0.25) is 0 Å². The second-order valence-electron chi connectivity index (χ2n) is 4.12. The average Bonchev–Trinajstić information content (AvgIpc) is 2.20. The number of fused-ring (bicyclic) bond motifs is 1. The lowest BCUT2D eigenvalue weighted by Gasteiger charge is -2.01. The zero-order valence-corrected chi connectivity index (χ0v) is 9.77. The standard InChI is InChI=1S/C16H16/c1-13-9-10-15-7-5-3-4-6-8-16(15)12-14(2)11-13/h3-12H,1-2H3. The Balaban J connectivity index is 2.78. The molecule has 0 heteroatoms. The van der Waals surface area contributed by atoms with E-state index in [2.05, 4.69) is 62.4 Å². The maximum Gasteiger partial charge on any atom is -0.0181 e. The van der Waals surface area contributed by atoms with Crippen LogP contribution in [0.25, 0.3) is 11.1 Å². The zero-order valence-electron chi connectivity index (χ0n) is 9.77. The Kier molecular flexibility index (Phi) is 3.21. The predicted octanol–water partition coefficient (Wildman–Crippen LogP) is 4.53. The molecule has 0 radical (unpaired) electrons. The Morgan fingerprint density at radius 1 is 0.562 bits per heavy atom. The van der Waals surface area contributed by atoms with Crippen LogP contribution in [0.15, 0.2) is 60.7 Å². The summed E-state index contributed by atoms with van der Waals surface area (Å²) < 4.78 is 0. The van der Waals surface area contributed by atoms with E-state index in [1.54, 1.807) is 0 Å². The van der Waals surface area contributed by atoms with Gasteiger partial charge in [0, 0.05) is 0 Å². The highest BCUT2D eigenvalue weighted by Crippen LogP contribution is 2.19. The monoisotopic (exact) mass is 208 g/mol. The van der Waals surface area contributed by atoms with E-state index in [0.29, 0.717) is 0 Å². The summed E-state index contributed by atoms with van der Waals surface area (Å²) in [7, 11) is 0. The molecule has 0 aromatic carbocycles. The molecular formula is C16H16. The van der Waals surface area contributed by atoms with Gasteiger partial charge in [-0.3, -0.25) is 0 Å². The smallest absolute Gasteiger partial charge is 0.0181 e. The highest BCUT2D eigenvalue weighted by Gasteiger charge is 1.94. The fraction of sp³-hybridized carbons (Fsp3) is 0.125. The molecule has 0 saturated heterocycles. The van der Waals surface area contributed by atoms with E-state index in [1.165, 1.54) is 22.3 Å². The van der Waals surface area contributed by atoms with Crippen molar-refractivity contribution in [2.24, 2.45) is 0 Å². The van der Waals surface area contributed by atoms with Gasteiger partial charge in [0.1, 0.15) is 0 Å². The lowest BCUT2D eigenvalue weighted by atomic mass is 10.0. The molecule has 0 aliphatic heterocycles. The van der Waals surface area contributed by atoms with E-state index >= 15 is 0 Å². The van der Waals surface area contributed by atoms with Crippen LogP contribution in [0.4, 0.5) is 0 Å². The summed E-state index contributed by atoms with van der Waals surface area (Å²) >= 11 is 0. The molecule has 0 aromatic rings. The first kappa shape index (κ1) is 10.7. The SMILES string of the molecule is Cc1ccc2ccccccc-2cc(C)c1. The van der Waals surface area contributed by atoms with Crippen molar-refractivity contribution in [1.29, 1.82) is 0 Å². The highest BCUT2D eigenvalue weighted by molar-refractivity contribution is 5.63. The quantitative estimate of drug-likeness (QED) is 0.596. The van der Waals surface area contributed by atoms with Crippen LogP contribution in [0.3, 0.4) is 0 Å². The minimum absolute atomic E-state index is 1.26. The van der Waals surface area contributed by atoms with E-state index in [-0.39, 0.29) is 0 Å². The molecule has 2 aliphatic rings. The Morgan fingerprint density at radius 3 is 2.00 bits per heavy atom. The molecule has 0 fully saturated rings. The molecule has 0 saturated carbocycles. The van der Waals surface area contributed by atoms with Crippen LogP contribution in [0.1, 0.15) is 11.1 Å². The number of hydrogen-bond donors (Lipinski definition) is 0. The Morgan fingerprint density at radius 2 is 1.25 bits per heavy atom. The fourth-order valence-electron chi connectivity index (χ4n) is 1.84. The Hall–Kier alpha value is -1.82. The van der Waals surface area contributed by atoms with Gasteiger partial charge in [-0.2, -0.15) is 0 Å². The molecule has 0 atom stereocenters. The van der Waals surface area contributed by atoms with Gasteiger partial charge in [-0.15, -0.1) is 0 Å². The molecule has 0 spiro atoms. The van der Waals surface area contributed by atoms with Gasteiger partial charge in [0.05, 0.1) is 0 Å². The Bertz CT molecular complexity index is 510. The first-order valence-corrected chi connectivity index (χ1v) is 5.56. The summed E-state index contributed by atoms with van der Waals surface area (Å²) in [5, 5.41) is 0. The summed E-state index contributed by atoms with van der Waals surface area (Å²) in [4.78, 5) is 0. The van der Waals surface area contributed by atoms with Gasteiger partial charge < -0.3 is 0 Å². The Labute approximate surface area is 97.2 Å². The molecule has 16 heavy (non-hydrogen) atoms. The van der Waals surface area contributed by atoms with Crippen molar-refractivity contribution in [3.63, 3.8) is 0 Å². The van der Waals surface area contributed by atoms with Gasteiger partial charge in [0.15, 0.2) is 0 Å². The van der Waals surface area contributed by atoms with Crippen LogP contribution in [0, 0.1) is 13.8 Å². The van der Waals surface area contributed by atoms with Crippen LogP contribution in [-0.4, -0.2) is 0 Å². The lowest BCUT2D eigenvalue weighted by molar-refractivity contribution is 1.40. The van der Waals surface area contributed by atoms with Crippen LogP contribution < -0.4 is 0 Å². The molecule has 0 heterocycles. The van der Waals surface area contributed by atoms with Crippen molar-refractivity contribution in [3.05, 3.63) is 71.8 Å². The second kappa shape index (κ2) is 4.80. The molecule has 80 valence electrons. The third kappa shape index (κ3) is 2.60. The van der Waals surface area contributed by atoms with Crippen molar-refractivity contribution >= 4 is 0 Å². The molecule has 0 nitrogen and oxygen atoms in total. The van der Waals surface area contributed by atoms with Crippen molar-refractivity contribution in [2.45, 2.75) is 13.8 Å². The number of aryl methyl sites for hydroxylation is 2. The first-order valence-electron chi connectivity index (χ1n) is 5.56. The van der Waals surface area contributed by atoms with Crippen LogP contribution in [-0.2, 0) is 0 Å². The minimum Gasteiger partial charge on any atom is -0.0622 e. The molecule has 0 bridgehead atoms. The topological polar surface area (TPSA) is 0 Å². The van der Waals surface area contributed by atoms with Crippen molar-refractivity contribution in [2.75, 3.05) is 0 Å². The zero-order chi connectivity index (χ0) is 11.4.